The Balaban J connectivity index is 3.11. The standard InChI is InChI=1S/CINO/c2-3-1-4. The summed E-state index contributed by atoms with van der Waals surface area (Å²) in [6, 6.07) is 0. The number of hydrogen-bond donors (Lipinski definition) is 0. The van der Waals surface area contributed by atoms with E-state index in [1.54, 1.807) is 22.9 Å². The molecule has 0 aromatic carbocycles. The van der Waals surface area contributed by atoms with Crippen molar-refractivity contribution in [3.05, 3.63) is 0 Å². The Morgan fingerprint density at radius 3 is 2.25 bits per heavy atom. The third-order valence-corrected chi connectivity index (χ3v) is 0.231. The smallest absolute Gasteiger partial charge is 0.211 e. The molecule has 0 aliphatic carbocycles. The molecule has 0 rings (SSSR count). The van der Waals surface area contributed by atoms with Crippen LogP contribution in [0.2, 0.25) is 0 Å². The molecule has 0 bridgehead atoms. The van der Waals surface area contributed by atoms with Crippen LogP contribution in [-0.4, -0.2) is 6.08 Å². The van der Waals surface area contributed by atoms with Crippen molar-refractivity contribution in [2.24, 2.45) is 3.21 Å². The average molecular weight is 169 g/mol. The summed E-state index contributed by atoms with van der Waals surface area (Å²) in [6.45, 7) is 0. The highest BCUT2D eigenvalue weighted by molar-refractivity contribution is 14.1. The Kier molecular flexibility index (Phi) is 3.20. The van der Waals surface area contributed by atoms with Gasteiger partial charge in [-0.25, -0.2) is 4.79 Å². The molecule has 0 aromatic rings. The molecule has 0 aliphatic heterocycles. The summed E-state index contributed by atoms with van der Waals surface area (Å²) in [5.74, 6) is 0. The molecule has 22 valence electrons. The van der Waals surface area contributed by atoms with E-state index in [4.69, 9.17) is 4.79 Å². The van der Waals surface area contributed by atoms with Gasteiger partial charge in [-0.3, -0.25) is 0 Å². The van der Waals surface area contributed by atoms with Crippen LogP contribution in [0, 0.1) is 0 Å². The zero-order valence-corrected chi connectivity index (χ0v) is 3.89. The largest absolute Gasteiger partial charge is 0.245 e. The second-order valence-electron chi connectivity index (χ2n) is 0.176. The van der Waals surface area contributed by atoms with Gasteiger partial charge in [0, 0.05) is 0 Å². The zero-order valence-electron chi connectivity index (χ0n) is 1.73. The van der Waals surface area contributed by atoms with Crippen molar-refractivity contribution in [2.75, 3.05) is 0 Å². The minimum absolute atomic E-state index is 1.29. The fourth-order valence-corrected chi connectivity index (χ4v) is 0. The summed E-state index contributed by atoms with van der Waals surface area (Å²) in [4.78, 5) is 8.87. The molecule has 3 heteroatoms. The minimum atomic E-state index is 1.29. The highest BCUT2D eigenvalue weighted by atomic mass is 127. The second-order valence-corrected chi connectivity index (χ2v) is 0.658. The number of carbonyl (C=O) groups excluding carboxylic acids is 1. The molecule has 0 atom stereocenters. The first kappa shape index (κ1) is 4.11. The highest BCUT2D eigenvalue weighted by Crippen LogP contribution is 1.70. The maximum absolute atomic E-state index is 8.87. The van der Waals surface area contributed by atoms with Crippen LogP contribution >= 0.6 is 22.9 Å². The van der Waals surface area contributed by atoms with Gasteiger partial charge < -0.3 is 0 Å². The van der Waals surface area contributed by atoms with Gasteiger partial charge in [-0.1, -0.05) is 0 Å². The lowest BCUT2D eigenvalue weighted by atomic mass is 11.7. The molecule has 0 N–H and O–H groups in total. The maximum atomic E-state index is 8.87. The molecule has 4 heavy (non-hydrogen) atoms. The minimum Gasteiger partial charge on any atom is -0.211 e. The molecular weight excluding hydrogens is 169 g/mol. The van der Waals surface area contributed by atoms with Gasteiger partial charge in [-0.2, -0.15) is 0 Å². The lowest BCUT2D eigenvalue weighted by Crippen LogP contribution is -1.24. The normalized spacial score (nSPS) is 4.25. The van der Waals surface area contributed by atoms with Gasteiger partial charge in [-0.15, -0.1) is 3.21 Å². The molecule has 0 saturated heterocycles. The number of rotatable bonds is 0. The lowest BCUT2D eigenvalue weighted by Gasteiger charge is -1.30. The summed E-state index contributed by atoms with van der Waals surface area (Å²) < 4.78 is 2.90. The quantitative estimate of drug-likeness (QED) is 0.297. The predicted molar refractivity (Wildman–Crippen MR) is 22.1 cm³/mol. The molecule has 0 amide bonds. The van der Waals surface area contributed by atoms with Crippen LogP contribution in [0.4, 0.5) is 0 Å². The molecule has 0 heterocycles. The molecule has 0 spiro atoms. The first-order valence-electron chi connectivity index (χ1n) is 0.597. The van der Waals surface area contributed by atoms with Crippen LogP contribution in [-0.2, 0) is 4.79 Å². The van der Waals surface area contributed by atoms with Gasteiger partial charge in [0.1, 0.15) is 0 Å². The van der Waals surface area contributed by atoms with Gasteiger partial charge in [0.15, 0.2) is 0 Å². The number of halogens is 1. The van der Waals surface area contributed by atoms with E-state index in [1.165, 1.54) is 6.08 Å². The Bertz CT molecular complexity index is 46.0. The van der Waals surface area contributed by atoms with Crippen molar-refractivity contribution >= 4 is 28.9 Å². The van der Waals surface area contributed by atoms with E-state index in [-0.39, 0.29) is 0 Å². The third kappa shape index (κ3) is 2.11. The number of hydrogen-bond acceptors (Lipinski definition) is 2. The van der Waals surface area contributed by atoms with E-state index in [0.717, 1.165) is 0 Å². The molecule has 0 saturated carbocycles. The summed E-state index contributed by atoms with van der Waals surface area (Å²) >= 11 is 1.55. The Labute approximate surface area is 37.4 Å². The van der Waals surface area contributed by atoms with E-state index in [1.807, 2.05) is 0 Å². The fourth-order valence-electron chi connectivity index (χ4n) is 0. The SMILES string of the molecule is O=C=NI. The maximum Gasteiger partial charge on any atom is 0.245 e. The molecule has 0 aromatic heterocycles. The van der Waals surface area contributed by atoms with Crippen molar-refractivity contribution < 1.29 is 4.79 Å². The summed E-state index contributed by atoms with van der Waals surface area (Å²) in [7, 11) is 0. The van der Waals surface area contributed by atoms with E-state index in [0.29, 0.717) is 0 Å². The Hall–Kier alpha value is 0.110. The van der Waals surface area contributed by atoms with Crippen LogP contribution in [0.15, 0.2) is 3.21 Å². The van der Waals surface area contributed by atoms with Crippen LogP contribution in [0.1, 0.15) is 0 Å². The van der Waals surface area contributed by atoms with Gasteiger partial charge in [0.25, 0.3) is 0 Å². The van der Waals surface area contributed by atoms with Gasteiger partial charge in [-0.05, 0) is 0 Å². The van der Waals surface area contributed by atoms with Crippen LogP contribution in [0.5, 0.6) is 0 Å². The summed E-state index contributed by atoms with van der Waals surface area (Å²) in [5.41, 5.74) is 0. The van der Waals surface area contributed by atoms with E-state index < -0.39 is 0 Å². The monoisotopic (exact) mass is 169 g/mol. The third-order valence-electron chi connectivity index (χ3n) is 0.0345. The van der Waals surface area contributed by atoms with Crippen molar-refractivity contribution in [3.63, 3.8) is 0 Å². The van der Waals surface area contributed by atoms with E-state index >= 15 is 0 Å². The molecule has 0 aliphatic rings. The van der Waals surface area contributed by atoms with Gasteiger partial charge >= 0.3 is 0 Å². The van der Waals surface area contributed by atoms with Crippen LogP contribution in [0.25, 0.3) is 0 Å². The summed E-state index contributed by atoms with van der Waals surface area (Å²) in [5, 5.41) is 0. The molecule has 0 fully saturated rings. The van der Waals surface area contributed by atoms with Crippen LogP contribution < -0.4 is 0 Å². The van der Waals surface area contributed by atoms with Crippen molar-refractivity contribution in [2.45, 2.75) is 0 Å². The van der Waals surface area contributed by atoms with E-state index in [2.05, 4.69) is 3.21 Å². The molecule has 0 unspecified atom stereocenters. The van der Waals surface area contributed by atoms with Crippen molar-refractivity contribution in [1.29, 1.82) is 0 Å². The van der Waals surface area contributed by atoms with Crippen LogP contribution in [0.3, 0.4) is 0 Å². The van der Waals surface area contributed by atoms with Gasteiger partial charge in [0.05, 0.1) is 22.9 Å². The molecular formula is CINO. The molecule has 0 radical (unpaired) electrons. The highest BCUT2D eigenvalue weighted by Gasteiger charge is 1.33. The lowest BCUT2D eigenvalue weighted by molar-refractivity contribution is 0.566. The predicted octanol–water partition coefficient (Wildman–Crippen LogP) is 0.672. The second kappa shape index (κ2) is 3.11. The Morgan fingerprint density at radius 2 is 2.25 bits per heavy atom. The number of isocyanates is 1. The molecule has 2 nitrogen and oxygen atoms in total. The number of nitrogens with zero attached hydrogens (tertiary/aromatic N) is 1. The first-order chi connectivity index (χ1) is 1.91. The first-order valence-corrected chi connectivity index (χ1v) is 1.56. The van der Waals surface area contributed by atoms with Gasteiger partial charge in [0.2, 0.25) is 6.08 Å². The van der Waals surface area contributed by atoms with Crippen molar-refractivity contribution in [3.8, 4) is 0 Å². The topological polar surface area (TPSA) is 29.4 Å². The fraction of sp³-hybridized carbons (Fsp3) is 0. The van der Waals surface area contributed by atoms with Crippen molar-refractivity contribution in [1.82, 2.24) is 0 Å². The average Bonchev–Trinajstić information content (AvgIpc) is 1.37. The Morgan fingerprint density at radius 1 is 2.00 bits per heavy atom. The van der Waals surface area contributed by atoms with E-state index in [9.17, 15) is 0 Å². The zero-order chi connectivity index (χ0) is 3.41. The summed E-state index contributed by atoms with van der Waals surface area (Å²) in [6.07, 6.45) is 1.29.